The SMILES string of the molecule is CC(C1CC1)N(C)c1nc(C(N)=O)ccc1N. The van der Waals surface area contributed by atoms with Gasteiger partial charge in [-0.2, -0.15) is 0 Å². The Morgan fingerprint density at radius 1 is 1.53 bits per heavy atom. The van der Waals surface area contributed by atoms with Gasteiger partial charge in [0.25, 0.3) is 5.91 Å². The number of primary amides is 1. The van der Waals surface area contributed by atoms with Crippen LogP contribution in [0.2, 0.25) is 0 Å². The third-order valence-electron chi connectivity index (χ3n) is 3.41. The van der Waals surface area contributed by atoms with E-state index in [4.69, 9.17) is 11.5 Å². The summed E-state index contributed by atoms with van der Waals surface area (Å²) in [6.07, 6.45) is 2.50. The number of nitrogens with zero attached hydrogens (tertiary/aromatic N) is 2. The zero-order valence-corrected chi connectivity index (χ0v) is 10.2. The van der Waals surface area contributed by atoms with Crippen LogP contribution in [0.15, 0.2) is 12.1 Å². The predicted octanol–water partition coefficient (Wildman–Crippen LogP) is 0.997. The van der Waals surface area contributed by atoms with Crippen molar-refractivity contribution in [2.24, 2.45) is 11.7 Å². The normalized spacial score (nSPS) is 16.6. The molecule has 1 heterocycles. The highest BCUT2D eigenvalue weighted by Gasteiger charge is 2.31. The van der Waals surface area contributed by atoms with Crippen molar-refractivity contribution in [2.75, 3.05) is 17.7 Å². The lowest BCUT2D eigenvalue weighted by Gasteiger charge is -2.27. The number of carbonyl (C=O) groups excluding carboxylic acids is 1. The molecule has 1 saturated carbocycles. The van der Waals surface area contributed by atoms with Gasteiger partial charge in [0.15, 0.2) is 5.82 Å². The van der Waals surface area contributed by atoms with E-state index in [2.05, 4.69) is 11.9 Å². The van der Waals surface area contributed by atoms with Crippen molar-refractivity contribution in [2.45, 2.75) is 25.8 Å². The van der Waals surface area contributed by atoms with E-state index in [1.165, 1.54) is 12.8 Å². The van der Waals surface area contributed by atoms with Gasteiger partial charge in [-0.15, -0.1) is 0 Å². The first-order chi connectivity index (χ1) is 8.00. The first kappa shape index (κ1) is 11.7. The summed E-state index contributed by atoms with van der Waals surface area (Å²) in [5.74, 6) is 0.817. The van der Waals surface area contributed by atoms with Gasteiger partial charge in [0, 0.05) is 13.1 Å². The highest BCUT2D eigenvalue weighted by Crippen LogP contribution is 2.36. The molecule has 1 amide bonds. The van der Waals surface area contributed by atoms with E-state index in [9.17, 15) is 4.79 Å². The number of nitrogen functional groups attached to an aromatic ring is 1. The fourth-order valence-corrected chi connectivity index (χ4v) is 1.97. The summed E-state index contributed by atoms with van der Waals surface area (Å²) in [7, 11) is 1.95. The van der Waals surface area contributed by atoms with Gasteiger partial charge in [-0.05, 0) is 37.8 Å². The van der Waals surface area contributed by atoms with E-state index < -0.39 is 5.91 Å². The first-order valence-corrected chi connectivity index (χ1v) is 5.80. The summed E-state index contributed by atoms with van der Waals surface area (Å²) >= 11 is 0. The van der Waals surface area contributed by atoms with E-state index in [1.807, 2.05) is 11.9 Å². The lowest BCUT2D eigenvalue weighted by molar-refractivity contribution is 0.0995. The zero-order chi connectivity index (χ0) is 12.6. The van der Waals surface area contributed by atoms with Crippen LogP contribution in [-0.2, 0) is 0 Å². The van der Waals surface area contributed by atoms with Crippen LogP contribution in [0.3, 0.4) is 0 Å². The van der Waals surface area contributed by atoms with Crippen LogP contribution in [0, 0.1) is 5.92 Å². The van der Waals surface area contributed by atoms with Crippen molar-refractivity contribution in [1.82, 2.24) is 4.98 Å². The smallest absolute Gasteiger partial charge is 0.267 e. The van der Waals surface area contributed by atoms with Gasteiger partial charge in [-0.3, -0.25) is 4.79 Å². The third kappa shape index (κ3) is 2.33. The lowest BCUT2D eigenvalue weighted by atomic mass is 10.2. The van der Waals surface area contributed by atoms with Crippen LogP contribution in [0.5, 0.6) is 0 Å². The minimum atomic E-state index is -0.529. The Labute approximate surface area is 101 Å². The van der Waals surface area contributed by atoms with E-state index >= 15 is 0 Å². The Morgan fingerprint density at radius 2 is 2.18 bits per heavy atom. The predicted molar refractivity (Wildman–Crippen MR) is 67.8 cm³/mol. The van der Waals surface area contributed by atoms with E-state index in [0.29, 0.717) is 23.5 Å². The van der Waals surface area contributed by atoms with Crippen LogP contribution in [0.4, 0.5) is 11.5 Å². The van der Waals surface area contributed by atoms with Gasteiger partial charge < -0.3 is 16.4 Å². The summed E-state index contributed by atoms with van der Waals surface area (Å²) in [5.41, 5.74) is 11.9. The molecule has 1 aromatic heterocycles. The molecule has 0 radical (unpaired) electrons. The van der Waals surface area contributed by atoms with Crippen molar-refractivity contribution < 1.29 is 4.79 Å². The van der Waals surface area contributed by atoms with Crippen molar-refractivity contribution >= 4 is 17.4 Å². The molecule has 1 unspecified atom stereocenters. The second-order valence-corrected chi connectivity index (χ2v) is 4.66. The van der Waals surface area contributed by atoms with E-state index in [1.54, 1.807) is 12.1 Å². The highest BCUT2D eigenvalue weighted by atomic mass is 16.1. The fourth-order valence-electron chi connectivity index (χ4n) is 1.97. The summed E-state index contributed by atoms with van der Waals surface area (Å²) in [4.78, 5) is 17.4. The molecule has 4 N–H and O–H groups in total. The van der Waals surface area contributed by atoms with E-state index in [-0.39, 0.29) is 5.69 Å². The molecule has 0 saturated heterocycles. The molecule has 1 aliphatic carbocycles. The van der Waals surface area contributed by atoms with Gasteiger partial charge in [-0.25, -0.2) is 4.98 Å². The minimum absolute atomic E-state index is 0.254. The van der Waals surface area contributed by atoms with Crippen molar-refractivity contribution in [3.8, 4) is 0 Å². The van der Waals surface area contributed by atoms with Gasteiger partial charge in [0.1, 0.15) is 5.69 Å². The van der Waals surface area contributed by atoms with Gasteiger partial charge in [0.05, 0.1) is 5.69 Å². The fraction of sp³-hybridized carbons (Fsp3) is 0.500. The molecule has 1 aromatic rings. The van der Waals surface area contributed by atoms with Gasteiger partial charge in [0.2, 0.25) is 0 Å². The van der Waals surface area contributed by atoms with Crippen molar-refractivity contribution in [3.05, 3.63) is 17.8 Å². The number of pyridine rings is 1. The molecule has 1 aliphatic rings. The molecule has 5 heteroatoms. The Balaban J connectivity index is 2.29. The Kier molecular flexibility index (Phi) is 2.92. The average molecular weight is 234 g/mol. The summed E-state index contributed by atoms with van der Waals surface area (Å²) in [5, 5.41) is 0. The maximum absolute atomic E-state index is 11.1. The number of anilines is 2. The van der Waals surface area contributed by atoms with Crippen LogP contribution in [0.1, 0.15) is 30.3 Å². The standard InChI is InChI=1S/C12H18N4O/c1-7(8-3-4-8)16(2)12-9(13)5-6-10(15-12)11(14)17/h5-8H,3-4,13H2,1-2H3,(H2,14,17). The molecule has 0 bridgehead atoms. The Hall–Kier alpha value is -1.78. The van der Waals surface area contributed by atoms with Gasteiger partial charge in [-0.1, -0.05) is 0 Å². The number of nitrogens with two attached hydrogens (primary N) is 2. The van der Waals surface area contributed by atoms with Crippen LogP contribution in [-0.4, -0.2) is 24.0 Å². The molecule has 2 rings (SSSR count). The molecule has 5 nitrogen and oxygen atoms in total. The molecule has 92 valence electrons. The summed E-state index contributed by atoms with van der Waals surface area (Å²) < 4.78 is 0. The highest BCUT2D eigenvalue weighted by molar-refractivity contribution is 5.91. The zero-order valence-electron chi connectivity index (χ0n) is 10.2. The topological polar surface area (TPSA) is 85.2 Å². The molecule has 0 spiro atoms. The lowest BCUT2D eigenvalue weighted by Crippen LogP contribution is -2.32. The van der Waals surface area contributed by atoms with Crippen LogP contribution >= 0.6 is 0 Å². The quantitative estimate of drug-likeness (QED) is 0.813. The third-order valence-corrected chi connectivity index (χ3v) is 3.41. The molecule has 0 aromatic carbocycles. The minimum Gasteiger partial charge on any atom is -0.396 e. The van der Waals surface area contributed by atoms with Crippen molar-refractivity contribution in [3.63, 3.8) is 0 Å². The average Bonchev–Trinajstić information content (AvgIpc) is 3.11. The number of hydrogen-bond donors (Lipinski definition) is 2. The molecule has 0 aliphatic heterocycles. The monoisotopic (exact) mass is 234 g/mol. The summed E-state index contributed by atoms with van der Waals surface area (Å²) in [6.45, 7) is 2.15. The van der Waals surface area contributed by atoms with Crippen molar-refractivity contribution in [1.29, 1.82) is 0 Å². The second kappa shape index (κ2) is 4.24. The number of carbonyl (C=O) groups is 1. The maximum Gasteiger partial charge on any atom is 0.267 e. The molecule has 1 atom stereocenters. The van der Waals surface area contributed by atoms with Crippen LogP contribution in [0.25, 0.3) is 0 Å². The van der Waals surface area contributed by atoms with Crippen LogP contribution < -0.4 is 16.4 Å². The molecule has 1 fully saturated rings. The number of hydrogen-bond acceptors (Lipinski definition) is 4. The summed E-state index contributed by atoms with van der Waals surface area (Å²) in [6, 6.07) is 3.61. The largest absolute Gasteiger partial charge is 0.396 e. The number of rotatable bonds is 4. The second-order valence-electron chi connectivity index (χ2n) is 4.66. The number of amides is 1. The molecule has 17 heavy (non-hydrogen) atoms. The number of aromatic nitrogens is 1. The molecular formula is C12H18N4O. The van der Waals surface area contributed by atoms with E-state index in [0.717, 1.165) is 0 Å². The molecular weight excluding hydrogens is 216 g/mol. The maximum atomic E-state index is 11.1. The Morgan fingerprint density at radius 3 is 2.71 bits per heavy atom. The van der Waals surface area contributed by atoms with Gasteiger partial charge >= 0.3 is 0 Å². The first-order valence-electron chi connectivity index (χ1n) is 5.80. The Bertz CT molecular complexity index is 442.